The second-order valence-corrected chi connectivity index (χ2v) is 4.93. The van der Waals surface area contributed by atoms with Crippen LogP contribution in [0, 0.1) is 11.8 Å². The summed E-state index contributed by atoms with van der Waals surface area (Å²) in [5.74, 6) is 1.89. The first-order valence-corrected chi connectivity index (χ1v) is 6.03. The average molecular weight is 223 g/mol. The summed E-state index contributed by atoms with van der Waals surface area (Å²) in [6.45, 7) is 6.47. The number of nitrogens with two attached hydrogens (primary N) is 1. The molecule has 1 aromatic heterocycles. The van der Waals surface area contributed by atoms with E-state index in [4.69, 9.17) is 14.9 Å². The van der Waals surface area contributed by atoms with Gasteiger partial charge in [-0.2, -0.15) is 0 Å². The standard InChI is InChI=1S/C13H21NO2/c1-8-9(2)16-10(3)13(8)12(14)7-11-5-4-6-15-11/h4-6,8-10,12-13H,7,14H2,1-3H3. The van der Waals surface area contributed by atoms with Crippen molar-refractivity contribution in [1.29, 1.82) is 0 Å². The number of hydrogen-bond donors (Lipinski definition) is 1. The zero-order valence-electron chi connectivity index (χ0n) is 10.2. The fourth-order valence-electron chi connectivity index (χ4n) is 2.83. The van der Waals surface area contributed by atoms with Crippen molar-refractivity contribution in [3.8, 4) is 0 Å². The van der Waals surface area contributed by atoms with Crippen LogP contribution in [-0.2, 0) is 11.2 Å². The summed E-state index contributed by atoms with van der Waals surface area (Å²) >= 11 is 0. The lowest BCUT2D eigenvalue weighted by Crippen LogP contribution is -2.39. The Labute approximate surface area is 97.0 Å². The summed E-state index contributed by atoms with van der Waals surface area (Å²) in [6, 6.07) is 4.00. The third-order valence-corrected chi connectivity index (χ3v) is 3.83. The highest BCUT2D eigenvalue weighted by Gasteiger charge is 2.40. The molecule has 1 saturated heterocycles. The molecule has 3 nitrogen and oxygen atoms in total. The molecule has 16 heavy (non-hydrogen) atoms. The van der Waals surface area contributed by atoms with E-state index in [2.05, 4.69) is 20.8 Å². The van der Waals surface area contributed by atoms with Crippen molar-refractivity contribution in [3.63, 3.8) is 0 Å². The highest BCUT2D eigenvalue weighted by atomic mass is 16.5. The first-order valence-electron chi connectivity index (χ1n) is 6.03. The Bertz CT molecular complexity index is 323. The maximum absolute atomic E-state index is 6.27. The van der Waals surface area contributed by atoms with Crippen molar-refractivity contribution in [2.75, 3.05) is 0 Å². The maximum Gasteiger partial charge on any atom is 0.105 e. The molecule has 2 heterocycles. The maximum atomic E-state index is 6.27. The van der Waals surface area contributed by atoms with E-state index in [0.717, 1.165) is 12.2 Å². The molecule has 0 amide bonds. The van der Waals surface area contributed by atoms with Crippen LogP contribution in [0.3, 0.4) is 0 Å². The van der Waals surface area contributed by atoms with Gasteiger partial charge in [-0.25, -0.2) is 0 Å². The van der Waals surface area contributed by atoms with Crippen molar-refractivity contribution >= 4 is 0 Å². The summed E-state index contributed by atoms with van der Waals surface area (Å²) in [5.41, 5.74) is 6.27. The van der Waals surface area contributed by atoms with E-state index in [0.29, 0.717) is 17.9 Å². The first-order chi connectivity index (χ1) is 7.59. The summed E-state index contributed by atoms with van der Waals surface area (Å²) < 4.78 is 11.2. The third-order valence-electron chi connectivity index (χ3n) is 3.83. The Morgan fingerprint density at radius 3 is 2.56 bits per heavy atom. The Kier molecular flexibility index (Phi) is 3.36. The molecular formula is C13H21NO2. The molecule has 0 saturated carbocycles. The van der Waals surface area contributed by atoms with Crippen molar-refractivity contribution in [2.24, 2.45) is 17.6 Å². The van der Waals surface area contributed by atoms with Crippen LogP contribution in [0.2, 0.25) is 0 Å². The Morgan fingerprint density at radius 1 is 1.31 bits per heavy atom. The minimum absolute atomic E-state index is 0.112. The van der Waals surface area contributed by atoms with Crippen LogP contribution in [0.4, 0.5) is 0 Å². The van der Waals surface area contributed by atoms with Crippen LogP contribution in [0.1, 0.15) is 26.5 Å². The molecule has 1 aliphatic heterocycles. The van der Waals surface area contributed by atoms with Gasteiger partial charge in [0, 0.05) is 18.4 Å². The van der Waals surface area contributed by atoms with E-state index in [-0.39, 0.29) is 12.1 Å². The van der Waals surface area contributed by atoms with E-state index >= 15 is 0 Å². The molecule has 1 fully saturated rings. The minimum Gasteiger partial charge on any atom is -0.469 e. The highest BCUT2D eigenvalue weighted by molar-refractivity contribution is 5.03. The van der Waals surface area contributed by atoms with E-state index in [1.165, 1.54) is 0 Å². The second-order valence-electron chi connectivity index (χ2n) is 4.93. The van der Waals surface area contributed by atoms with Crippen LogP contribution in [0.5, 0.6) is 0 Å². The van der Waals surface area contributed by atoms with Gasteiger partial charge in [-0.3, -0.25) is 0 Å². The Balaban J connectivity index is 2.01. The molecule has 0 radical (unpaired) electrons. The molecule has 0 bridgehead atoms. The molecule has 5 atom stereocenters. The summed E-state index contributed by atoms with van der Waals surface area (Å²) in [7, 11) is 0. The van der Waals surface area contributed by atoms with Gasteiger partial charge in [0.2, 0.25) is 0 Å². The van der Waals surface area contributed by atoms with Crippen LogP contribution in [0.15, 0.2) is 22.8 Å². The van der Waals surface area contributed by atoms with Crippen molar-refractivity contribution in [3.05, 3.63) is 24.2 Å². The van der Waals surface area contributed by atoms with Gasteiger partial charge < -0.3 is 14.9 Å². The van der Waals surface area contributed by atoms with Crippen LogP contribution in [-0.4, -0.2) is 18.2 Å². The van der Waals surface area contributed by atoms with Crippen molar-refractivity contribution in [2.45, 2.75) is 45.4 Å². The lowest BCUT2D eigenvalue weighted by atomic mass is 9.82. The highest BCUT2D eigenvalue weighted by Crippen LogP contribution is 2.34. The molecule has 2 rings (SSSR count). The monoisotopic (exact) mass is 223 g/mol. The normalized spacial score (nSPS) is 36.5. The smallest absolute Gasteiger partial charge is 0.105 e. The van der Waals surface area contributed by atoms with Gasteiger partial charge in [-0.05, 0) is 31.9 Å². The number of furan rings is 1. The second kappa shape index (κ2) is 4.60. The predicted molar refractivity (Wildman–Crippen MR) is 63.1 cm³/mol. The topological polar surface area (TPSA) is 48.4 Å². The average Bonchev–Trinajstić information content (AvgIpc) is 2.77. The molecule has 90 valence electrons. The van der Waals surface area contributed by atoms with Gasteiger partial charge >= 0.3 is 0 Å². The zero-order valence-corrected chi connectivity index (χ0v) is 10.2. The van der Waals surface area contributed by atoms with Crippen LogP contribution >= 0.6 is 0 Å². The quantitative estimate of drug-likeness (QED) is 0.854. The van der Waals surface area contributed by atoms with Crippen LogP contribution in [0.25, 0.3) is 0 Å². The largest absolute Gasteiger partial charge is 0.469 e. The van der Waals surface area contributed by atoms with Gasteiger partial charge in [0.25, 0.3) is 0 Å². The molecule has 0 aliphatic carbocycles. The van der Waals surface area contributed by atoms with Crippen molar-refractivity contribution in [1.82, 2.24) is 0 Å². The van der Waals surface area contributed by atoms with Gasteiger partial charge in [-0.1, -0.05) is 6.92 Å². The lowest BCUT2D eigenvalue weighted by molar-refractivity contribution is 0.0488. The molecule has 3 heteroatoms. The molecule has 0 aromatic carbocycles. The Hall–Kier alpha value is -0.800. The van der Waals surface area contributed by atoms with E-state index in [1.807, 2.05) is 12.1 Å². The summed E-state index contributed by atoms with van der Waals surface area (Å²) in [6.07, 6.45) is 3.04. The zero-order chi connectivity index (χ0) is 11.7. The van der Waals surface area contributed by atoms with Gasteiger partial charge in [-0.15, -0.1) is 0 Å². The van der Waals surface area contributed by atoms with Gasteiger partial charge in [0.05, 0.1) is 18.5 Å². The molecule has 0 spiro atoms. The summed E-state index contributed by atoms with van der Waals surface area (Å²) in [5, 5.41) is 0. The molecule has 2 N–H and O–H groups in total. The molecular weight excluding hydrogens is 202 g/mol. The molecule has 1 aliphatic rings. The van der Waals surface area contributed by atoms with E-state index < -0.39 is 0 Å². The van der Waals surface area contributed by atoms with E-state index in [9.17, 15) is 0 Å². The number of hydrogen-bond acceptors (Lipinski definition) is 3. The predicted octanol–water partition coefficient (Wildman–Crippen LogP) is 2.21. The SMILES string of the molecule is CC1OC(C)C(C(N)Cc2ccco2)C1C. The van der Waals surface area contributed by atoms with Gasteiger partial charge in [0.15, 0.2) is 0 Å². The van der Waals surface area contributed by atoms with E-state index in [1.54, 1.807) is 6.26 Å². The third kappa shape index (κ3) is 2.15. The lowest BCUT2D eigenvalue weighted by Gasteiger charge is -2.24. The molecule has 1 aromatic rings. The number of ether oxygens (including phenoxy) is 1. The minimum atomic E-state index is 0.112. The van der Waals surface area contributed by atoms with Crippen LogP contribution < -0.4 is 5.73 Å². The number of rotatable bonds is 3. The Morgan fingerprint density at radius 2 is 2.06 bits per heavy atom. The van der Waals surface area contributed by atoms with Crippen molar-refractivity contribution < 1.29 is 9.15 Å². The fourth-order valence-corrected chi connectivity index (χ4v) is 2.83. The summed E-state index contributed by atoms with van der Waals surface area (Å²) in [4.78, 5) is 0. The molecule has 5 unspecified atom stereocenters. The first kappa shape index (κ1) is 11.7. The van der Waals surface area contributed by atoms with Gasteiger partial charge in [0.1, 0.15) is 5.76 Å². The fraction of sp³-hybridized carbons (Fsp3) is 0.692.